The lowest BCUT2D eigenvalue weighted by Gasteiger charge is -2.21. The number of carbonyl (C=O) groups excluding carboxylic acids is 1. The molecule has 2 heterocycles. The molecule has 5 rings (SSSR count). The van der Waals surface area contributed by atoms with Gasteiger partial charge in [-0.25, -0.2) is 4.98 Å². The Morgan fingerprint density at radius 1 is 1.14 bits per heavy atom. The highest BCUT2D eigenvalue weighted by molar-refractivity contribution is 7.09. The van der Waals surface area contributed by atoms with Crippen molar-refractivity contribution in [1.82, 2.24) is 9.97 Å². The number of aromatic nitrogens is 2. The standard InChI is InChI=1S/C29H30N2O3S/c1-19-15-21(23-7-5-6-8-25(23)31-19)18-33-22-11-9-20(10-12-22)16-29(27-30-13-14-35-27)17-24(29)26(32)34-28(2,3)4/h5-15,24H,16-18H2,1-4H3/t24?,29-/m0/s1. The molecule has 0 aliphatic heterocycles. The summed E-state index contributed by atoms with van der Waals surface area (Å²) in [7, 11) is 0. The van der Waals surface area contributed by atoms with Crippen molar-refractivity contribution in [2.24, 2.45) is 5.92 Å². The van der Waals surface area contributed by atoms with Gasteiger partial charge in [-0.1, -0.05) is 30.3 Å². The molecule has 2 aromatic heterocycles. The number of ether oxygens (including phenoxy) is 2. The molecule has 5 nitrogen and oxygen atoms in total. The van der Waals surface area contributed by atoms with Gasteiger partial charge in [0.05, 0.1) is 16.4 Å². The summed E-state index contributed by atoms with van der Waals surface area (Å²) in [5.74, 6) is 0.523. The van der Waals surface area contributed by atoms with Crippen molar-refractivity contribution in [3.63, 3.8) is 0 Å². The second-order valence-corrected chi connectivity index (χ2v) is 11.2. The van der Waals surface area contributed by atoms with Crippen molar-refractivity contribution in [2.75, 3.05) is 0 Å². The van der Waals surface area contributed by atoms with E-state index >= 15 is 0 Å². The fraction of sp³-hybridized carbons (Fsp3) is 0.345. The van der Waals surface area contributed by atoms with Gasteiger partial charge in [-0.3, -0.25) is 9.78 Å². The molecule has 1 aliphatic rings. The van der Waals surface area contributed by atoms with E-state index in [1.54, 1.807) is 11.3 Å². The summed E-state index contributed by atoms with van der Waals surface area (Å²) in [5, 5.41) is 4.10. The lowest BCUT2D eigenvalue weighted by molar-refractivity contribution is -0.157. The molecule has 2 aromatic carbocycles. The van der Waals surface area contributed by atoms with Gasteiger partial charge in [-0.2, -0.15) is 0 Å². The molecule has 0 radical (unpaired) electrons. The Morgan fingerprint density at radius 2 is 1.91 bits per heavy atom. The van der Waals surface area contributed by atoms with Gasteiger partial charge in [0.25, 0.3) is 0 Å². The Bertz CT molecular complexity index is 1340. The summed E-state index contributed by atoms with van der Waals surface area (Å²) in [6.07, 6.45) is 3.33. The number of nitrogens with zero attached hydrogens (tertiary/aromatic N) is 2. The van der Waals surface area contributed by atoms with E-state index in [1.807, 2.05) is 69.6 Å². The zero-order valence-electron chi connectivity index (χ0n) is 20.6. The first-order valence-corrected chi connectivity index (χ1v) is 12.8. The summed E-state index contributed by atoms with van der Waals surface area (Å²) in [4.78, 5) is 22.0. The molecule has 1 saturated carbocycles. The second kappa shape index (κ2) is 9.08. The Kier molecular flexibility index (Phi) is 6.09. The number of hydrogen-bond donors (Lipinski definition) is 0. The van der Waals surface area contributed by atoms with Gasteiger partial charge >= 0.3 is 5.97 Å². The molecule has 1 aliphatic carbocycles. The highest BCUT2D eigenvalue weighted by Crippen LogP contribution is 2.57. The van der Waals surface area contributed by atoms with Crippen molar-refractivity contribution in [3.05, 3.63) is 88.0 Å². The number of thiazole rings is 1. The number of aryl methyl sites for hydroxylation is 1. The van der Waals surface area contributed by atoms with E-state index in [4.69, 9.17) is 9.47 Å². The van der Waals surface area contributed by atoms with Crippen LogP contribution in [0.5, 0.6) is 5.75 Å². The Hall–Kier alpha value is -3.25. The number of pyridine rings is 1. The average molecular weight is 487 g/mol. The lowest BCUT2D eigenvalue weighted by atomic mass is 9.94. The minimum Gasteiger partial charge on any atom is -0.489 e. The fourth-order valence-electron chi connectivity index (χ4n) is 4.71. The van der Waals surface area contributed by atoms with E-state index in [0.29, 0.717) is 6.61 Å². The van der Waals surface area contributed by atoms with Crippen molar-refractivity contribution in [1.29, 1.82) is 0 Å². The van der Waals surface area contributed by atoms with Crippen LogP contribution in [0.15, 0.2) is 66.2 Å². The number of para-hydroxylation sites is 1. The van der Waals surface area contributed by atoms with Gasteiger partial charge in [0, 0.05) is 33.6 Å². The van der Waals surface area contributed by atoms with Crippen LogP contribution in [0.4, 0.5) is 0 Å². The number of benzene rings is 2. The van der Waals surface area contributed by atoms with Crippen LogP contribution in [-0.2, 0) is 28.0 Å². The largest absolute Gasteiger partial charge is 0.489 e. The van der Waals surface area contributed by atoms with Crippen LogP contribution in [0, 0.1) is 12.8 Å². The second-order valence-electron chi connectivity index (χ2n) is 10.3. The SMILES string of the molecule is Cc1cc(COc2ccc(C[C@]3(c4nccs4)CC3C(=O)OC(C)(C)C)cc2)c2ccccc2n1. The zero-order valence-corrected chi connectivity index (χ0v) is 21.4. The normalized spacial score (nSPS) is 19.5. The maximum Gasteiger partial charge on any atom is 0.310 e. The molecule has 0 bridgehead atoms. The third-order valence-electron chi connectivity index (χ3n) is 6.39. The molecule has 4 aromatic rings. The summed E-state index contributed by atoms with van der Waals surface area (Å²) in [6.45, 7) is 8.21. The third-order valence-corrected chi connectivity index (χ3v) is 7.39. The summed E-state index contributed by atoms with van der Waals surface area (Å²) < 4.78 is 11.8. The lowest BCUT2D eigenvalue weighted by Crippen LogP contribution is -2.28. The van der Waals surface area contributed by atoms with E-state index in [-0.39, 0.29) is 17.3 Å². The Labute approximate surface area is 210 Å². The molecular formula is C29H30N2O3S. The number of esters is 1. The van der Waals surface area contributed by atoms with E-state index < -0.39 is 5.60 Å². The predicted octanol–water partition coefficient (Wildman–Crippen LogP) is 6.42. The van der Waals surface area contributed by atoms with Crippen molar-refractivity contribution < 1.29 is 14.3 Å². The number of carbonyl (C=O) groups is 1. The summed E-state index contributed by atoms with van der Waals surface area (Å²) >= 11 is 1.61. The van der Waals surface area contributed by atoms with E-state index in [2.05, 4.69) is 34.2 Å². The molecule has 2 atom stereocenters. The Balaban J connectivity index is 1.29. The van der Waals surface area contributed by atoms with Crippen LogP contribution >= 0.6 is 11.3 Å². The summed E-state index contributed by atoms with van der Waals surface area (Å²) in [6, 6.07) is 18.4. The highest BCUT2D eigenvalue weighted by Gasteiger charge is 2.62. The Morgan fingerprint density at radius 3 is 2.63 bits per heavy atom. The summed E-state index contributed by atoms with van der Waals surface area (Å²) in [5.41, 5.74) is 3.46. The van der Waals surface area contributed by atoms with Crippen LogP contribution in [0.3, 0.4) is 0 Å². The molecule has 0 spiro atoms. The molecule has 6 heteroatoms. The van der Waals surface area contributed by atoms with Gasteiger partial charge < -0.3 is 9.47 Å². The van der Waals surface area contributed by atoms with E-state index in [1.165, 1.54) is 0 Å². The number of rotatable bonds is 7. The molecule has 1 fully saturated rings. The highest BCUT2D eigenvalue weighted by atomic mass is 32.1. The number of hydrogen-bond acceptors (Lipinski definition) is 6. The fourth-order valence-corrected chi connectivity index (χ4v) is 5.61. The van der Waals surface area contributed by atoms with Gasteiger partial charge in [-0.15, -0.1) is 11.3 Å². The van der Waals surface area contributed by atoms with Gasteiger partial charge in [-0.05, 0) is 70.4 Å². The maximum absolute atomic E-state index is 12.8. The van der Waals surface area contributed by atoms with Gasteiger partial charge in [0.2, 0.25) is 0 Å². The van der Waals surface area contributed by atoms with Crippen LogP contribution in [0.25, 0.3) is 10.9 Å². The smallest absolute Gasteiger partial charge is 0.310 e. The first-order chi connectivity index (χ1) is 16.7. The van der Waals surface area contributed by atoms with E-state index in [9.17, 15) is 4.79 Å². The van der Waals surface area contributed by atoms with Crippen LogP contribution in [0.1, 0.15) is 49.0 Å². The molecule has 1 unspecified atom stereocenters. The molecule has 0 N–H and O–H groups in total. The third kappa shape index (κ3) is 5.08. The molecule has 0 saturated heterocycles. The average Bonchev–Trinajstić information content (AvgIpc) is 3.26. The predicted molar refractivity (Wildman–Crippen MR) is 139 cm³/mol. The molecule has 180 valence electrons. The minimum atomic E-state index is -0.494. The van der Waals surface area contributed by atoms with Crippen molar-refractivity contribution in [3.8, 4) is 5.75 Å². The molecule has 0 amide bonds. The zero-order chi connectivity index (χ0) is 24.6. The quantitative estimate of drug-likeness (QED) is 0.282. The topological polar surface area (TPSA) is 61.3 Å². The van der Waals surface area contributed by atoms with Crippen LogP contribution < -0.4 is 4.74 Å². The van der Waals surface area contributed by atoms with Gasteiger partial charge in [0.15, 0.2) is 0 Å². The first-order valence-electron chi connectivity index (χ1n) is 11.9. The molecular weight excluding hydrogens is 456 g/mol. The van der Waals surface area contributed by atoms with Crippen LogP contribution in [0.2, 0.25) is 0 Å². The van der Waals surface area contributed by atoms with E-state index in [0.717, 1.165) is 51.3 Å². The van der Waals surface area contributed by atoms with Crippen molar-refractivity contribution >= 4 is 28.2 Å². The first kappa shape index (κ1) is 23.5. The molecule has 35 heavy (non-hydrogen) atoms. The van der Waals surface area contributed by atoms with Gasteiger partial charge in [0.1, 0.15) is 18.0 Å². The maximum atomic E-state index is 12.8. The van der Waals surface area contributed by atoms with Crippen molar-refractivity contribution in [2.45, 2.75) is 58.2 Å². The van der Waals surface area contributed by atoms with Crippen LogP contribution in [-0.4, -0.2) is 21.5 Å². The monoisotopic (exact) mass is 486 g/mol. The number of fused-ring (bicyclic) bond motifs is 1. The minimum absolute atomic E-state index is 0.132.